The average molecular weight is 405 g/mol. The SMILES string of the molecule is CN/C(N)=C/C=C(\N)CCCCc1nnc(NC(=O)Cc2c(C)n[nH]c2C)s1. The Kier molecular flexibility index (Phi) is 8.00. The number of aromatic amines is 1. The Hall–Kier alpha value is -2.88. The molecule has 2 rings (SSSR count). The van der Waals surface area contributed by atoms with E-state index in [1.165, 1.54) is 11.3 Å². The lowest BCUT2D eigenvalue weighted by atomic mass is 10.1. The van der Waals surface area contributed by atoms with Crippen LogP contribution in [-0.4, -0.2) is 33.3 Å². The Balaban J connectivity index is 1.74. The highest BCUT2D eigenvalue weighted by Gasteiger charge is 2.13. The third kappa shape index (κ3) is 6.69. The predicted octanol–water partition coefficient (Wildman–Crippen LogP) is 1.63. The summed E-state index contributed by atoms with van der Waals surface area (Å²) < 4.78 is 0. The van der Waals surface area contributed by atoms with Crippen LogP contribution in [0.5, 0.6) is 0 Å². The summed E-state index contributed by atoms with van der Waals surface area (Å²) in [6.45, 7) is 3.78. The van der Waals surface area contributed by atoms with Gasteiger partial charge in [-0.3, -0.25) is 9.89 Å². The lowest BCUT2D eigenvalue weighted by Gasteiger charge is -2.01. The van der Waals surface area contributed by atoms with Crippen molar-refractivity contribution >= 4 is 22.4 Å². The van der Waals surface area contributed by atoms with Gasteiger partial charge in [0.15, 0.2) is 0 Å². The maximum atomic E-state index is 12.2. The molecule has 0 aliphatic rings. The number of anilines is 1. The number of carbonyl (C=O) groups is 1. The van der Waals surface area contributed by atoms with Crippen LogP contribution in [-0.2, 0) is 17.6 Å². The number of rotatable bonds is 10. The largest absolute Gasteiger partial charge is 0.402 e. The zero-order chi connectivity index (χ0) is 20.5. The molecule has 2 aromatic rings. The summed E-state index contributed by atoms with van der Waals surface area (Å²) >= 11 is 1.40. The van der Waals surface area contributed by atoms with Crippen molar-refractivity contribution in [3.8, 4) is 0 Å². The summed E-state index contributed by atoms with van der Waals surface area (Å²) in [5.74, 6) is 0.451. The molecule has 0 saturated carbocycles. The first-order valence-corrected chi connectivity index (χ1v) is 9.93. The first-order chi connectivity index (χ1) is 13.4. The molecule has 0 aliphatic heterocycles. The lowest BCUT2D eigenvalue weighted by Crippen LogP contribution is -2.15. The van der Waals surface area contributed by atoms with Crippen LogP contribution in [0.2, 0.25) is 0 Å². The van der Waals surface area contributed by atoms with E-state index in [0.717, 1.165) is 53.3 Å². The van der Waals surface area contributed by atoms with E-state index >= 15 is 0 Å². The molecule has 2 aromatic heterocycles. The summed E-state index contributed by atoms with van der Waals surface area (Å²) in [7, 11) is 1.76. The molecule has 152 valence electrons. The zero-order valence-electron chi connectivity index (χ0n) is 16.5. The van der Waals surface area contributed by atoms with Gasteiger partial charge in [0.25, 0.3) is 0 Å². The highest BCUT2D eigenvalue weighted by atomic mass is 32.1. The van der Waals surface area contributed by atoms with Gasteiger partial charge in [-0.1, -0.05) is 11.3 Å². The molecule has 10 heteroatoms. The van der Waals surface area contributed by atoms with Gasteiger partial charge in [0, 0.05) is 30.4 Å². The topological polar surface area (TPSA) is 148 Å². The molecule has 0 saturated heterocycles. The number of unbranched alkanes of at least 4 members (excludes halogenated alkanes) is 1. The number of nitrogens with zero attached hydrogens (tertiary/aromatic N) is 3. The number of H-pyrrole nitrogens is 1. The van der Waals surface area contributed by atoms with Crippen LogP contribution >= 0.6 is 11.3 Å². The van der Waals surface area contributed by atoms with Crippen LogP contribution in [0.4, 0.5) is 5.13 Å². The van der Waals surface area contributed by atoms with Crippen LogP contribution in [0, 0.1) is 13.8 Å². The van der Waals surface area contributed by atoms with E-state index in [1.54, 1.807) is 13.1 Å². The van der Waals surface area contributed by atoms with Crippen molar-refractivity contribution in [1.29, 1.82) is 0 Å². The van der Waals surface area contributed by atoms with Crippen molar-refractivity contribution in [2.45, 2.75) is 46.0 Å². The van der Waals surface area contributed by atoms with Gasteiger partial charge in [-0.25, -0.2) is 0 Å². The first kappa shape index (κ1) is 21.4. The van der Waals surface area contributed by atoms with Gasteiger partial charge in [-0.05, 0) is 45.3 Å². The molecule has 0 aromatic carbocycles. The van der Waals surface area contributed by atoms with Crippen LogP contribution in [0.25, 0.3) is 0 Å². The fourth-order valence-electron chi connectivity index (χ4n) is 2.53. The number of hydrogen-bond acceptors (Lipinski definition) is 8. The minimum atomic E-state index is -0.123. The number of allylic oxidation sites excluding steroid dienone is 3. The van der Waals surface area contributed by atoms with Crippen molar-refractivity contribution in [1.82, 2.24) is 25.7 Å². The number of nitrogens with one attached hydrogen (secondary N) is 3. The number of aromatic nitrogens is 4. The summed E-state index contributed by atoms with van der Waals surface area (Å²) in [5.41, 5.74) is 15.0. The molecule has 0 aliphatic carbocycles. The first-order valence-electron chi connectivity index (χ1n) is 9.11. The van der Waals surface area contributed by atoms with E-state index in [1.807, 2.05) is 19.9 Å². The normalized spacial score (nSPS) is 12.2. The van der Waals surface area contributed by atoms with Crippen molar-refractivity contribution in [3.05, 3.63) is 45.6 Å². The zero-order valence-corrected chi connectivity index (χ0v) is 17.3. The standard InChI is InChI=1S/C18H28N8OS/c1-11-14(12(2)24-23-11)10-16(27)22-18-26-25-17(28-18)7-5-4-6-13(19)8-9-15(20)21-3/h8-9,21H,4-7,10,19-20H2,1-3H3,(H,23,24)(H,22,26,27)/b13-8-,15-9+. The number of aryl methyl sites for hydroxylation is 3. The number of carbonyl (C=O) groups excluding carboxylic acids is 1. The summed E-state index contributed by atoms with van der Waals surface area (Å²) in [5, 5.41) is 22.2. The minimum absolute atomic E-state index is 0.123. The molecule has 0 spiro atoms. The van der Waals surface area contributed by atoms with Gasteiger partial charge in [0.1, 0.15) is 5.01 Å². The molecule has 0 unspecified atom stereocenters. The van der Waals surface area contributed by atoms with E-state index in [9.17, 15) is 4.79 Å². The summed E-state index contributed by atoms with van der Waals surface area (Å²) in [6.07, 6.45) is 7.30. The average Bonchev–Trinajstić information content (AvgIpc) is 3.24. The smallest absolute Gasteiger partial charge is 0.230 e. The predicted molar refractivity (Wildman–Crippen MR) is 111 cm³/mol. The van der Waals surface area contributed by atoms with E-state index < -0.39 is 0 Å². The van der Waals surface area contributed by atoms with Crippen LogP contribution in [0.3, 0.4) is 0 Å². The van der Waals surface area contributed by atoms with E-state index in [0.29, 0.717) is 11.0 Å². The Morgan fingerprint density at radius 2 is 2.00 bits per heavy atom. The third-order valence-electron chi connectivity index (χ3n) is 4.20. The monoisotopic (exact) mass is 404 g/mol. The molecule has 2 heterocycles. The maximum Gasteiger partial charge on any atom is 0.230 e. The van der Waals surface area contributed by atoms with Gasteiger partial charge in [-0.2, -0.15) is 5.10 Å². The van der Waals surface area contributed by atoms with E-state index in [2.05, 4.69) is 31.0 Å². The molecular formula is C18H28N8OS. The highest BCUT2D eigenvalue weighted by Crippen LogP contribution is 2.19. The Labute approximate surface area is 168 Å². The van der Waals surface area contributed by atoms with Gasteiger partial charge in [0.05, 0.1) is 17.9 Å². The molecule has 9 nitrogen and oxygen atoms in total. The number of hydrogen-bond donors (Lipinski definition) is 5. The third-order valence-corrected chi connectivity index (χ3v) is 5.10. The maximum absolute atomic E-state index is 12.2. The minimum Gasteiger partial charge on any atom is -0.402 e. The van der Waals surface area contributed by atoms with Crippen molar-refractivity contribution in [3.63, 3.8) is 0 Å². The Bertz CT molecular complexity index is 832. The molecule has 0 radical (unpaired) electrons. The van der Waals surface area contributed by atoms with Crippen molar-refractivity contribution < 1.29 is 4.79 Å². The van der Waals surface area contributed by atoms with Crippen LogP contribution < -0.4 is 22.1 Å². The lowest BCUT2D eigenvalue weighted by molar-refractivity contribution is -0.115. The van der Waals surface area contributed by atoms with Gasteiger partial charge in [-0.15, -0.1) is 10.2 Å². The Morgan fingerprint density at radius 1 is 1.21 bits per heavy atom. The summed E-state index contributed by atoms with van der Waals surface area (Å²) in [4.78, 5) is 12.2. The van der Waals surface area contributed by atoms with Crippen molar-refractivity contribution in [2.24, 2.45) is 11.5 Å². The van der Waals surface area contributed by atoms with Crippen molar-refractivity contribution in [2.75, 3.05) is 12.4 Å². The quantitative estimate of drug-likeness (QED) is 0.298. The van der Waals surface area contributed by atoms with Gasteiger partial charge in [0.2, 0.25) is 11.0 Å². The number of nitrogens with two attached hydrogens (primary N) is 2. The highest BCUT2D eigenvalue weighted by molar-refractivity contribution is 7.15. The molecule has 0 fully saturated rings. The van der Waals surface area contributed by atoms with E-state index in [4.69, 9.17) is 11.5 Å². The van der Waals surface area contributed by atoms with Crippen LogP contribution in [0.1, 0.15) is 41.2 Å². The molecule has 28 heavy (non-hydrogen) atoms. The van der Waals surface area contributed by atoms with Gasteiger partial charge < -0.3 is 22.1 Å². The van der Waals surface area contributed by atoms with Gasteiger partial charge >= 0.3 is 0 Å². The molecule has 7 N–H and O–H groups in total. The molecule has 1 amide bonds. The second-order valence-electron chi connectivity index (χ2n) is 6.46. The fourth-order valence-corrected chi connectivity index (χ4v) is 3.33. The fraction of sp³-hybridized carbons (Fsp3) is 0.444. The van der Waals surface area contributed by atoms with Crippen LogP contribution in [0.15, 0.2) is 23.7 Å². The summed E-state index contributed by atoms with van der Waals surface area (Å²) in [6, 6.07) is 0. The second kappa shape index (κ2) is 10.5. The second-order valence-corrected chi connectivity index (χ2v) is 7.52. The van der Waals surface area contributed by atoms with E-state index in [-0.39, 0.29) is 12.3 Å². The molecule has 0 atom stereocenters. The molecule has 0 bridgehead atoms. The molecular weight excluding hydrogens is 376 g/mol. The Morgan fingerprint density at radius 3 is 2.68 bits per heavy atom. The number of amides is 1.